The first-order valence-corrected chi connectivity index (χ1v) is 10.9. The molecule has 7 nitrogen and oxygen atoms in total. The number of nitrogens with zero attached hydrogens (tertiary/aromatic N) is 4. The van der Waals surface area contributed by atoms with Gasteiger partial charge in [0.25, 0.3) is 5.56 Å². The Bertz CT molecular complexity index is 1290. The van der Waals surface area contributed by atoms with E-state index < -0.39 is 0 Å². The van der Waals surface area contributed by atoms with Crippen LogP contribution < -0.4 is 21.1 Å². The fourth-order valence-corrected chi connectivity index (χ4v) is 4.09. The van der Waals surface area contributed by atoms with Crippen molar-refractivity contribution in [1.82, 2.24) is 19.9 Å². The number of benzene rings is 2. The maximum absolute atomic E-state index is 12.7. The molecular weight excluding hydrogens is 400 g/mol. The lowest BCUT2D eigenvalue weighted by molar-refractivity contribution is 0.589. The second-order valence-electron chi connectivity index (χ2n) is 8.13. The van der Waals surface area contributed by atoms with E-state index in [9.17, 15) is 4.79 Å². The fourth-order valence-electron chi connectivity index (χ4n) is 4.09. The smallest absolute Gasteiger partial charge is 0.252 e. The first-order chi connectivity index (χ1) is 15.7. The average molecular weight is 427 g/mol. The van der Waals surface area contributed by atoms with Gasteiger partial charge in [0.05, 0.1) is 6.54 Å². The Morgan fingerprint density at radius 2 is 1.84 bits per heavy atom. The van der Waals surface area contributed by atoms with Crippen LogP contribution in [-0.2, 0) is 6.54 Å². The van der Waals surface area contributed by atoms with Crippen molar-refractivity contribution >= 4 is 28.4 Å². The predicted molar refractivity (Wildman–Crippen MR) is 129 cm³/mol. The maximum Gasteiger partial charge on any atom is 0.252 e. The van der Waals surface area contributed by atoms with Crippen LogP contribution in [0.25, 0.3) is 11.0 Å². The summed E-state index contributed by atoms with van der Waals surface area (Å²) in [5.74, 6) is 0.469. The molecule has 32 heavy (non-hydrogen) atoms. The molecule has 4 aromatic rings. The quantitative estimate of drug-likeness (QED) is 0.510. The van der Waals surface area contributed by atoms with Gasteiger partial charge in [-0.25, -0.2) is 4.98 Å². The molecule has 2 aromatic heterocycles. The third-order valence-corrected chi connectivity index (χ3v) is 5.75. The van der Waals surface area contributed by atoms with Crippen molar-refractivity contribution in [2.45, 2.75) is 13.5 Å². The Hall–Kier alpha value is -3.71. The van der Waals surface area contributed by atoms with Gasteiger partial charge in [0, 0.05) is 55.2 Å². The number of piperazine rings is 1. The topological polar surface area (TPSA) is 75.1 Å². The monoisotopic (exact) mass is 426 g/mol. The maximum atomic E-state index is 12.7. The molecule has 2 aromatic carbocycles. The summed E-state index contributed by atoms with van der Waals surface area (Å²) in [7, 11) is 0. The fraction of sp³-hybridized carbons (Fsp3) is 0.240. The van der Waals surface area contributed by atoms with E-state index in [0.29, 0.717) is 18.1 Å². The van der Waals surface area contributed by atoms with Crippen molar-refractivity contribution in [3.8, 4) is 0 Å². The van der Waals surface area contributed by atoms with Crippen LogP contribution in [0.2, 0.25) is 0 Å². The minimum Gasteiger partial charge on any atom is -0.369 e. The van der Waals surface area contributed by atoms with Gasteiger partial charge in [0.15, 0.2) is 0 Å². The van der Waals surface area contributed by atoms with E-state index in [-0.39, 0.29) is 5.56 Å². The Labute approximate surface area is 186 Å². The molecule has 5 rings (SSSR count). The van der Waals surface area contributed by atoms with Crippen molar-refractivity contribution < 1.29 is 0 Å². The van der Waals surface area contributed by atoms with E-state index in [0.717, 1.165) is 48.4 Å². The lowest BCUT2D eigenvalue weighted by Gasteiger charge is -2.29. The zero-order valence-corrected chi connectivity index (χ0v) is 18.1. The summed E-state index contributed by atoms with van der Waals surface area (Å²) in [6, 6.07) is 19.8. The number of hydrogen-bond acceptors (Lipinski definition) is 6. The molecule has 0 spiro atoms. The Morgan fingerprint density at radius 1 is 1.03 bits per heavy atom. The molecule has 162 valence electrons. The lowest BCUT2D eigenvalue weighted by Crippen LogP contribution is -2.43. The van der Waals surface area contributed by atoms with E-state index in [1.54, 1.807) is 22.9 Å². The molecular formula is C25H26N6O. The zero-order chi connectivity index (χ0) is 21.9. The van der Waals surface area contributed by atoms with Crippen molar-refractivity contribution in [1.29, 1.82) is 0 Å². The highest BCUT2D eigenvalue weighted by Crippen LogP contribution is 2.21. The minimum absolute atomic E-state index is 0.0796. The molecule has 0 atom stereocenters. The van der Waals surface area contributed by atoms with Crippen LogP contribution in [0.1, 0.15) is 11.1 Å². The van der Waals surface area contributed by atoms with Gasteiger partial charge >= 0.3 is 0 Å². The van der Waals surface area contributed by atoms with E-state index >= 15 is 0 Å². The average Bonchev–Trinajstić information content (AvgIpc) is 2.82. The Morgan fingerprint density at radius 3 is 2.62 bits per heavy atom. The Balaban J connectivity index is 1.42. The third-order valence-electron chi connectivity index (χ3n) is 5.75. The molecule has 0 radical (unpaired) electrons. The van der Waals surface area contributed by atoms with E-state index in [1.807, 2.05) is 37.3 Å². The van der Waals surface area contributed by atoms with Crippen molar-refractivity contribution in [3.63, 3.8) is 0 Å². The van der Waals surface area contributed by atoms with Crippen LogP contribution in [0.4, 0.5) is 17.3 Å². The van der Waals surface area contributed by atoms with Crippen LogP contribution in [0.3, 0.4) is 0 Å². The molecule has 1 saturated heterocycles. The van der Waals surface area contributed by atoms with Crippen LogP contribution in [0, 0.1) is 6.92 Å². The van der Waals surface area contributed by atoms with Gasteiger partial charge in [-0.2, -0.15) is 4.98 Å². The van der Waals surface area contributed by atoms with Gasteiger partial charge in [-0.05, 0) is 42.8 Å². The predicted octanol–water partition coefficient (Wildman–Crippen LogP) is 3.30. The van der Waals surface area contributed by atoms with E-state index in [1.165, 1.54) is 5.69 Å². The molecule has 0 unspecified atom stereocenters. The largest absolute Gasteiger partial charge is 0.369 e. The number of aromatic nitrogens is 3. The minimum atomic E-state index is -0.0796. The normalized spacial score (nSPS) is 14.0. The van der Waals surface area contributed by atoms with Crippen LogP contribution in [0.15, 0.2) is 71.7 Å². The first kappa shape index (κ1) is 20.2. The number of aryl methyl sites for hydroxylation is 1. The summed E-state index contributed by atoms with van der Waals surface area (Å²) < 4.78 is 1.70. The van der Waals surface area contributed by atoms with Gasteiger partial charge < -0.3 is 15.5 Å². The molecule has 2 N–H and O–H groups in total. The summed E-state index contributed by atoms with van der Waals surface area (Å²) in [5, 5.41) is 7.48. The number of hydrogen-bond donors (Lipinski definition) is 2. The SMILES string of the molecule is Cc1cccc(Cn2c(=O)ccc3cnc(Nc4ccc(N5CCNCC5)cc4)nc32)c1. The van der Waals surface area contributed by atoms with E-state index in [4.69, 9.17) is 0 Å². The number of anilines is 3. The first-order valence-electron chi connectivity index (χ1n) is 10.9. The molecule has 0 bridgehead atoms. The van der Waals surface area contributed by atoms with Crippen molar-refractivity contribution in [2.24, 2.45) is 0 Å². The summed E-state index contributed by atoms with van der Waals surface area (Å²) in [4.78, 5) is 24.2. The van der Waals surface area contributed by atoms with Crippen LogP contribution >= 0.6 is 0 Å². The second-order valence-corrected chi connectivity index (χ2v) is 8.13. The second kappa shape index (κ2) is 8.80. The molecule has 0 aliphatic carbocycles. The number of fused-ring (bicyclic) bond motifs is 1. The summed E-state index contributed by atoms with van der Waals surface area (Å²) in [6.45, 7) is 6.56. The summed E-state index contributed by atoms with van der Waals surface area (Å²) >= 11 is 0. The molecule has 7 heteroatoms. The molecule has 1 aliphatic rings. The molecule has 1 fully saturated rings. The summed E-state index contributed by atoms with van der Waals surface area (Å²) in [6.07, 6.45) is 1.76. The number of nitrogens with one attached hydrogen (secondary N) is 2. The van der Waals surface area contributed by atoms with Gasteiger partial charge in [0.2, 0.25) is 5.95 Å². The van der Waals surface area contributed by atoms with Gasteiger partial charge in [-0.15, -0.1) is 0 Å². The van der Waals surface area contributed by atoms with Crippen molar-refractivity contribution in [2.75, 3.05) is 36.4 Å². The van der Waals surface area contributed by atoms with Gasteiger partial charge in [-0.3, -0.25) is 9.36 Å². The number of rotatable bonds is 5. The Kier molecular flexibility index (Phi) is 5.56. The summed E-state index contributed by atoms with van der Waals surface area (Å²) in [5.41, 5.74) is 4.89. The zero-order valence-electron chi connectivity index (χ0n) is 18.1. The molecule has 3 heterocycles. The van der Waals surface area contributed by atoms with Crippen LogP contribution in [0.5, 0.6) is 0 Å². The third kappa shape index (κ3) is 4.33. The molecule has 0 saturated carbocycles. The van der Waals surface area contributed by atoms with Gasteiger partial charge in [0.1, 0.15) is 5.65 Å². The highest BCUT2D eigenvalue weighted by molar-refractivity contribution is 5.76. The highest BCUT2D eigenvalue weighted by Gasteiger charge is 2.11. The highest BCUT2D eigenvalue weighted by atomic mass is 16.1. The van der Waals surface area contributed by atoms with Gasteiger partial charge in [-0.1, -0.05) is 29.8 Å². The number of pyridine rings is 1. The standard InChI is InChI=1S/C25H26N6O/c1-18-3-2-4-19(15-18)17-31-23(32)10-5-20-16-27-25(29-24(20)31)28-21-6-8-22(9-7-21)30-13-11-26-12-14-30/h2-10,15-16,26H,11-14,17H2,1H3,(H,27,28,29). The van der Waals surface area contributed by atoms with E-state index in [2.05, 4.69) is 43.7 Å². The molecule has 0 amide bonds. The lowest BCUT2D eigenvalue weighted by atomic mass is 10.1. The van der Waals surface area contributed by atoms with Crippen LogP contribution in [-0.4, -0.2) is 40.7 Å². The molecule has 1 aliphatic heterocycles. The van der Waals surface area contributed by atoms with Crippen molar-refractivity contribution in [3.05, 3.63) is 88.3 Å².